The molecule has 7 nitrogen and oxygen atoms in total. The molecule has 0 fully saturated rings. The van der Waals surface area contributed by atoms with E-state index in [9.17, 15) is 14.4 Å². The molecule has 3 aliphatic rings. The molecule has 3 aromatic rings. The number of nitrogens with zero attached hydrogens (tertiary/aromatic N) is 3. The van der Waals surface area contributed by atoms with Gasteiger partial charge in [0.25, 0.3) is 0 Å². The van der Waals surface area contributed by atoms with Gasteiger partial charge in [-0.1, -0.05) is 54.7 Å². The Morgan fingerprint density at radius 1 is 0.500 bits per heavy atom. The highest BCUT2D eigenvalue weighted by molar-refractivity contribution is 7.79. The molecule has 2 N–H and O–H groups in total. The Balaban J connectivity index is 0.00000202. The van der Waals surface area contributed by atoms with E-state index in [1.54, 1.807) is 18.2 Å². The number of Topliss-reactive ketones (excluding diaryl/α,β-unsaturated/α-hetero) is 3. The standard InChI is InChI=1S/C33H24N3O3P.Al.H2O/c37-28-16-4-1-10-22(28)25-13-7-19-31(34-25)40(32-20-8-14-26(35-32)23-11-2-5-17-29(23)38)33-21-9-15-27(36-33)24-12-3-6-18-30(24)39;;/h1-15,19-21H,16-18H2;;1H2. The van der Waals surface area contributed by atoms with Crippen molar-refractivity contribution in [3.63, 3.8) is 0 Å². The molecule has 9 heteroatoms. The molecule has 42 heavy (non-hydrogen) atoms. The maximum atomic E-state index is 12.7. The van der Waals surface area contributed by atoms with Gasteiger partial charge in [-0.15, -0.1) is 0 Å². The minimum Gasteiger partial charge on any atom is -0.412 e. The molecular formula is C33H26AlN3O4P. The van der Waals surface area contributed by atoms with E-state index in [1.807, 2.05) is 91.1 Å². The van der Waals surface area contributed by atoms with Crippen molar-refractivity contribution in [2.45, 2.75) is 19.3 Å². The smallest absolute Gasteiger partial charge is 0.168 e. The molecule has 3 heterocycles. The first-order chi connectivity index (χ1) is 19.6. The summed E-state index contributed by atoms with van der Waals surface area (Å²) in [4.78, 5) is 52.8. The average Bonchev–Trinajstić information content (AvgIpc) is 2.99. The van der Waals surface area contributed by atoms with Gasteiger partial charge in [-0.25, -0.2) is 15.0 Å². The lowest BCUT2D eigenvalue weighted by Gasteiger charge is -2.20. The lowest BCUT2D eigenvalue weighted by atomic mass is 10.0. The number of aromatic nitrogens is 3. The summed E-state index contributed by atoms with van der Waals surface area (Å²) in [5.74, 6) is 0.0509. The van der Waals surface area contributed by atoms with Crippen molar-refractivity contribution in [3.8, 4) is 0 Å². The number of hydrogen-bond acceptors (Lipinski definition) is 6. The minimum atomic E-state index is -1.40. The van der Waals surface area contributed by atoms with Crippen LogP contribution in [-0.4, -0.2) is 55.1 Å². The quantitative estimate of drug-likeness (QED) is 0.323. The van der Waals surface area contributed by atoms with Gasteiger partial charge in [-0.2, -0.15) is 0 Å². The van der Waals surface area contributed by atoms with Crippen molar-refractivity contribution in [1.29, 1.82) is 0 Å². The minimum absolute atomic E-state index is 0. The molecule has 3 aliphatic carbocycles. The third kappa shape index (κ3) is 6.33. The van der Waals surface area contributed by atoms with E-state index in [0.29, 0.717) is 53.1 Å². The number of pyridine rings is 3. The molecule has 205 valence electrons. The van der Waals surface area contributed by atoms with Crippen molar-refractivity contribution in [2.75, 3.05) is 0 Å². The van der Waals surface area contributed by atoms with Crippen LogP contribution in [-0.2, 0) is 14.4 Å². The monoisotopic (exact) mass is 586 g/mol. The van der Waals surface area contributed by atoms with Gasteiger partial charge in [0.05, 0.1) is 33.4 Å². The van der Waals surface area contributed by atoms with Crippen LogP contribution in [0.15, 0.2) is 109 Å². The van der Waals surface area contributed by atoms with E-state index in [0.717, 1.165) is 16.3 Å². The predicted octanol–water partition coefficient (Wildman–Crippen LogP) is 3.16. The summed E-state index contributed by atoms with van der Waals surface area (Å²) < 4.78 is 0. The van der Waals surface area contributed by atoms with E-state index < -0.39 is 7.92 Å². The topological polar surface area (TPSA) is 121 Å². The third-order valence-corrected chi connectivity index (χ3v) is 8.85. The van der Waals surface area contributed by atoms with Crippen LogP contribution in [0.4, 0.5) is 0 Å². The summed E-state index contributed by atoms with van der Waals surface area (Å²) >= 11 is 0. The number of rotatable bonds is 6. The SMILES string of the molecule is O.O=C1CC=CC=C1c1cccc(P(c2cccc(C3=CC=CCC3=O)n2)c2cccc(C3=CC=CCC3=O)n2)n1.[Al]. The fourth-order valence-electron chi connectivity index (χ4n) is 4.76. The van der Waals surface area contributed by atoms with Crippen molar-refractivity contribution >= 4 is 75.7 Å². The molecule has 6 rings (SSSR count). The van der Waals surface area contributed by atoms with Crippen LogP contribution < -0.4 is 16.3 Å². The highest BCUT2D eigenvalue weighted by Gasteiger charge is 2.26. The maximum Gasteiger partial charge on any atom is 0.168 e. The summed E-state index contributed by atoms with van der Waals surface area (Å²) in [6.45, 7) is 0. The molecule has 0 saturated carbocycles. The van der Waals surface area contributed by atoms with Crippen molar-refractivity contribution < 1.29 is 19.9 Å². The number of allylic oxidation sites excluding steroid dienone is 12. The van der Waals surface area contributed by atoms with Crippen molar-refractivity contribution in [3.05, 3.63) is 126 Å². The van der Waals surface area contributed by atoms with Crippen LogP contribution in [0.1, 0.15) is 36.3 Å². The second-order valence-corrected chi connectivity index (χ2v) is 11.4. The summed E-state index contributed by atoms with van der Waals surface area (Å²) in [7, 11) is -1.40. The number of hydrogen-bond donors (Lipinski definition) is 0. The summed E-state index contributed by atoms with van der Waals surface area (Å²) in [5.41, 5.74) is 5.65. The molecule has 0 spiro atoms. The second-order valence-electron chi connectivity index (χ2n) is 9.39. The fourth-order valence-corrected chi connectivity index (χ4v) is 6.79. The van der Waals surface area contributed by atoms with Gasteiger partial charge in [0.1, 0.15) is 0 Å². The third-order valence-electron chi connectivity index (χ3n) is 6.73. The molecule has 0 aliphatic heterocycles. The fraction of sp³-hybridized carbons (Fsp3) is 0.0909. The molecule has 0 amide bonds. The summed E-state index contributed by atoms with van der Waals surface area (Å²) in [5, 5.41) is 0. The Morgan fingerprint density at radius 3 is 1.10 bits per heavy atom. The Labute approximate surface area is 255 Å². The van der Waals surface area contributed by atoms with E-state index >= 15 is 0 Å². The van der Waals surface area contributed by atoms with Crippen molar-refractivity contribution in [2.24, 2.45) is 0 Å². The molecule has 0 aromatic carbocycles. The van der Waals surface area contributed by atoms with Gasteiger partial charge >= 0.3 is 0 Å². The Kier molecular flexibility index (Phi) is 10.0. The maximum absolute atomic E-state index is 12.7. The van der Waals surface area contributed by atoms with Crippen LogP contribution in [0.5, 0.6) is 0 Å². The van der Waals surface area contributed by atoms with Crippen LogP contribution in [0, 0.1) is 0 Å². The molecule has 3 aromatic heterocycles. The zero-order valence-electron chi connectivity index (χ0n) is 22.6. The van der Waals surface area contributed by atoms with Gasteiger partial charge in [0.15, 0.2) is 17.3 Å². The normalized spacial score (nSPS) is 15.9. The molecule has 0 saturated heterocycles. The average molecular weight is 587 g/mol. The van der Waals surface area contributed by atoms with E-state index in [1.165, 1.54) is 0 Å². The molecule has 0 bridgehead atoms. The number of carbonyl (C=O) groups is 3. The van der Waals surface area contributed by atoms with Crippen molar-refractivity contribution in [1.82, 2.24) is 15.0 Å². The first-order valence-electron chi connectivity index (χ1n) is 13.0. The molecule has 0 unspecified atom stereocenters. The van der Waals surface area contributed by atoms with Gasteiger partial charge < -0.3 is 5.48 Å². The van der Waals surface area contributed by atoms with Gasteiger partial charge in [0, 0.05) is 61.3 Å². The van der Waals surface area contributed by atoms with Crippen LogP contribution in [0.25, 0.3) is 16.7 Å². The summed E-state index contributed by atoms with van der Waals surface area (Å²) in [6, 6.07) is 16.9. The van der Waals surface area contributed by atoms with Gasteiger partial charge in [-0.3, -0.25) is 14.4 Å². The van der Waals surface area contributed by atoms with Gasteiger partial charge in [-0.05, 0) is 54.6 Å². The van der Waals surface area contributed by atoms with Crippen LogP contribution in [0.3, 0.4) is 0 Å². The zero-order valence-corrected chi connectivity index (χ0v) is 24.7. The first kappa shape index (κ1) is 30.8. The van der Waals surface area contributed by atoms with Gasteiger partial charge in [0.2, 0.25) is 0 Å². The lowest BCUT2D eigenvalue weighted by Crippen LogP contribution is -2.28. The summed E-state index contributed by atoms with van der Waals surface area (Å²) in [6.07, 6.45) is 17.5. The molecular weight excluding hydrogens is 560 g/mol. The lowest BCUT2D eigenvalue weighted by molar-refractivity contribution is -0.113. The van der Waals surface area contributed by atoms with E-state index in [4.69, 9.17) is 15.0 Å². The number of carbonyl (C=O) groups excluding carboxylic acids is 3. The Morgan fingerprint density at radius 2 is 0.810 bits per heavy atom. The highest BCUT2D eigenvalue weighted by Crippen LogP contribution is 2.33. The van der Waals surface area contributed by atoms with Crippen LogP contribution in [0.2, 0.25) is 0 Å². The highest BCUT2D eigenvalue weighted by atomic mass is 31.1. The first-order valence-corrected chi connectivity index (χ1v) is 14.3. The van der Waals surface area contributed by atoms with E-state index in [2.05, 4.69) is 0 Å². The Hall–Kier alpha value is -4.18. The molecule has 0 atom stereocenters. The number of ketones is 3. The second kappa shape index (κ2) is 13.7. The van der Waals surface area contributed by atoms with Crippen LogP contribution >= 0.6 is 7.92 Å². The van der Waals surface area contributed by atoms with E-state index in [-0.39, 0.29) is 40.2 Å². The predicted molar refractivity (Wildman–Crippen MR) is 168 cm³/mol. The zero-order chi connectivity index (χ0) is 27.5. The largest absolute Gasteiger partial charge is 0.412 e. The Bertz CT molecular complexity index is 1550. The molecule has 3 radical (unpaired) electrons.